The molecule has 0 saturated heterocycles. The fourth-order valence-electron chi connectivity index (χ4n) is 2.17. The van der Waals surface area contributed by atoms with Crippen molar-refractivity contribution in [3.8, 4) is 11.5 Å². The van der Waals surface area contributed by atoms with Crippen molar-refractivity contribution in [1.29, 1.82) is 0 Å². The zero-order valence-electron chi connectivity index (χ0n) is 12.3. The lowest BCUT2D eigenvalue weighted by Crippen LogP contribution is -2.01. The minimum absolute atomic E-state index is 0.184. The Morgan fingerprint density at radius 3 is 2.57 bits per heavy atom. The molecule has 2 nitrogen and oxygen atoms in total. The van der Waals surface area contributed by atoms with Crippen LogP contribution in [0.5, 0.6) is 11.5 Å². The van der Waals surface area contributed by atoms with E-state index in [1.807, 2.05) is 32.0 Å². The Labute approximate surface area is 129 Å². The number of hydrogen-bond donors (Lipinski definition) is 0. The fourth-order valence-corrected chi connectivity index (χ4v) is 2.47. The Morgan fingerprint density at radius 1 is 1.14 bits per heavy atom. The molecule has 2 aromatic rings. The highest BCUT2D eigenvalue weighted by molar-refractivity contribution is 6.22. The average molecular weight is 309 g/mol. The molecular weight excluding hydrogens is 291 g/mol. The highest BCUT2D eigenvalue weighted by Crippen LogP contribution is 2.37. The Balaban J connectivity index is 2.43. The van der Waals surface area contributed by atoms with E-state index in [0.29, 0.717) is 6.61 Å². The quantitative estimate of drug-likeness (QED) is 0.734. The van der Waals surface area contributed by atoms with E-state index in [2.05, 4.69) is 0 Å². The first kappa shape index (κ1) is 15.6. The van der Waals surface area contributed by atoms with Crippen molar-refractivity contribution >= 4 is 11.6 Å². The molecule has 0 bridgehead atoms. The minimum Gasteiger partial charge on any atom is -0.494 e. The van der Waals surface area contributed by atoms with Crippen LogP contribution in [0, 0.1) is 12.7 Å². The Morgan fingerprint density at radius 2 is 1.90 bits per heavy atom. The first-order chi connectivity index (χ1) is 10.1. The number of ether oxygens (including phenoxy) is 2. The molecule has 21 heavy (non-hydrogen) atoms. The zero-order chi connectivity index (χ0) is 15.4. The molecule has 0 spiro atoms. The number of rotatable bonds is 5. The maximum atomic E-state index is 13.5. The molecule has 0 heterocycles. The highest BCUT2D eigenvalue weighted by atomic mass is 35.5. The monoisotopic (exact) mass is 308 g/mol. The fraction of sp³-hybridized carbons (Fsp3) is 0.294. The predicted molar refractivity (Wildman–Crippen MR) is 83.0 cm³/mol. The van der Waals surface area contributed by atoms with Gasteiger partial charge in [-0.25, -0.2) is 4.39 Å². The van der Waals surface area contributed by atoms with E-state index >= 15 is 0 Å². The van der Waals surface area contributed by atoms with E-state index in [4.69, 9.17) is 21.1 Å². The van der Waals surface area contributed by atoms with Crippen LogP contribution in [0.4, 0.5) is 4.39 Å². The van der Waals surface area contributed by atoms with Gasteiger partial charge in [-0.15, -0.1) is 11.6 Å². The van der Waals surface area contributed by atoms with Crippen LogP contribution in [-0.2, 0) is 0 Å². The van der Waals surface area contributed by atoms with Crippen LogP contribution >= 0.6 is 11.6 Å². The van der Waals surface area contributed by atoms with Crippen LogP contribution in [0.2, 0.25) is 0 Å². The van der Waals surface area contributed by atoms with Crippen molar-refractivity contribution in [2.24, 2.45) is 0 Å². The molecule has 1 unspecified atom stereocenters. The molecule has 0 N–H and O–H groups in total. The first-order valence-electron chi connectivity index (χ1n) is 6.77. The molecule has 0 aliphatic rings. The number of aryl methyl sites for hydroxylation is 1. The van der Waals surface area contributed by atoms with Gasteiger partial charge >= 0.3 is 0 Å². The van der Waals surface area contributed by atoms with Gasteiger partial charge in [-0.2, -0.15) is 0 Å². The molecule has 1 atom stereocenters. The summed E-state index contributed by atoms with van der Waals surface area (Å²) in [6.45, 7) is 4.48. The van der Waals surface area contributed by atoms with Gasteiger partial charge in [0.1, 0.15) is 5.75 Å². The summed E-state index contributed by atoms with van der Waals surface area (Å²) in [5, 5.41) is -0.430. The summed E-state index contributed by atoms with van der Waals surface area (Å²) in [5.74, 6) is 0.523. The lowest BCUT2D eigenvalue weighted by Gasteiger charge is -2.17. The lowest BCUT2D eigenvalue weighted by molar-refractivity contribution is 0.336. The first-order valence-corrected chi connectivity index (χ1v) is 7.21. The second-order valence-electron chi connectivity index (χ2n) is 4.73. The van der Waals surface area contributed by atoms with E-state index in [9.17, 15) is 4.39 Å². The maximum absolute atomic E-state index is 13.5. The van der Waals surface area contributed by atoms with E-state index in [1.54, 1.807) is 12.1 Å². The van der Waals surface area contributed by atoms with Crippen molar-refractivity contribution in [3.63, 3.8) is 0 Å². The molecule has 0 aliphatic heterocycles. The smallest absolute Gasteiger partial charge is 0.165 e. The SMILES string of the molecule is CCOc1ccc(C)cc1C(Cl)c1ccc(F)c(OC)c1. The van der Waals surface area contributed by atoms with E-state index in [-0.39, 0.29) is 5.75 Å². The summed E-state index contributed by atoms with van der Waals surface area (Å²) in [6, 6.07) is 10.5. The Kier molecular flexibility index (Phi) is 5.07. The van der Waals surface area contributed by atoms with E-state index in [1.165, 1.54) is 13.2 Å². The lowest BCUT2D eigenvalue weighted by atomic mass is 10.0. The third-order valence-electron chi connectivity index (χ3n) is 3.21. The zero-order valence-corrected chi connectivity index (χ0v) is 13.1. The molecule has 2 rings (SSSR count). The number of methoxy groups -OCH3 is 1. The van der Waals surface area contributed by atoms with E-state index < -0.39 is 11.2 Å². The molecule has 2 aromatic carbocycles. The maximum Gasteiger partial charge on any atom is 0.165 e. The van der Waals surface area contributed by atoms with Crippen molar-refractivity contribution in [2.45, 2.75) is 19.2 Å². The van der Waals surface area contributed by atoms with Gasteiger partial charge in [0.15, 0.2) is 11.6 Å². The molecule has 0 aromatic heterocycles. The van der Waals surface area contributed by atoms with Crippen LogP contribution in [0.1, 0.15) is 29.0 Å². The van der Waals surface area contributed by atoms with Crippen molar-refractivity contribution in [3.05, 3.63) is 58.9 Å². The second-order valence-corrected chi connectivity index (χ2v) is 5.17. The summed E-state index contributed by atoms with van der Waals surface area (Å²) in [6.07, 6.45) is 0. The van der Waals surface area contributed by atoms with Crippen molar-refractivity contribution in [1.82, 2.24) is 0 Å². The number of benzene rings is 2. The summed E-state index contributed by atoms with van der Waals surface area (Å²) >= 11 is 6.57. The molecule has 0 radical (unpaired) electrons. The minimum atomic E-state index is -0.430. The molecule has 0 aliphatic carbocycles. The topological polar surface area (TPSA) is 18.5 Å². The highest BCUT2D eigenvalue weighted by Gasteiger charge is 2.18. The normalized spacial score (nSPS) is 12.0. The van der Waals surface area contributed by atoms with Gasteiger partial charge < -0.3 is 9.47 Å². The molecule has 112 valence electrons. The summed E-state index contributed by atoms with van der Waals surface area (Å²) in [4.78, 5) is 0. The summed E-state index contributed by atoms with van der Waals surface area (Å²) < 4.78 is 24.1. The number of halogens is 2. The third-order valence-corrected chi connectivity index (χ3v) is 3.69. The van der Waals surface area contributed by atoms with Gasteiger partial charge in [-0.05, 0) is 37.6 Å². The predicted octanol–water partition coefficient (Wildman–Crippen LogP) is 4.87. The van der Waals surface area contributed by atoms with Crippen molar-refractivity contribution in [2.75, 3.05) is 13.7 Å². The van der Waals surface area contributed by atoms with Gasteiger partial charge in [0.2, 0.25) is 0 Å². The van der Waals surface area contributed by atoms with Crippen molar-refractivity contribution < 1.29 is 13.9 Å². The van der Waals surface area contributed by atoms with Gasteiger partial charge in [0.25, 0.3) is 0 Å². The Hall–Kier alpha value is -1.74. The number of alkyl halides is 1. The third kappa shape index (κ3) is 3.48. The van der Waals surface area contributed by atoms with Crippen LogP contribution in [-0.4, -0.2) is 13.7 Å². The molecule has 0 saturated carbocycles. The largest absolute Gasteiger partial charge is 0.494 e. The van der Waals surface area contributed by atoms with Crippen LogP contribution in [0.3, 0.4) is 0 Å². The van der Waals surface area contributed by atoms with Gasteiger partial charge in [-0.1, -0.05) is 23.8 Å². The summed E-state index contributed by atoms with van der Waals surface area (Å²) in [5.41, 5.74) is 2.72. The Bertz CT molecular complexity index is 628. The van der Waals surface area contributed by atoms with Crippen LogP contribution in [0.15, 0.2) is 36.4 Å². The second kappa shape index (κ2) is 6.81. The van der Waals surface area contributed by atoms with E-state index in [0.717, 1.165) is 22.4 Å². The van der Waals surface area contributed by atoms with Crippen LogP contribution < -0.4 is 9.47 Å². The standard InChI is InChI=1S/C17H18ClFO2/c1-4-21-15-8-5-11(2)9-13(15)17(18)12-6-7-14(19)16(10-12)20-3/h5-10,17H,4H2,1-3H3. The van der Waals surface area contributed by atoms with Gasteiger partial charge in [0, 0.05) is 5.56 Å². The van der Waals surface area contributed by atoms with Gasteiger partial charge in [0.05, 0.1) is 19.1 Å². The average Bonchev–Trinajstić information content (AvgIpc) is 2.49. The number of hydrogen-bond acceptors (Lipinski definition) is 2. The van der Waals surface area contributed by atoms with Gasteiger partial charge in [-0.3, -0.25) is 0 Å². The molecule has 0 fully saturated rings. The van der Waals surface area contributed by atoms with Crippen LogP contribution in [0.25, 0.3) is 0 Å². The molecule has 4 heteroatoms. The summed E-state index contributed by atoms with van der Waals surface area (Å²) in [7, 11) is 1.43. The molecular formula is C17H18ClFO2. The molecule has 0 amide bonds.